The summed E-state index contributed by atoms with van der Waals surface area (Å²) in [5.74, 6) is 0.310. The van der Waals surface area contributed by atoms with E-state index in [1.807, 2.05) is 41.6 Å². The van der Waals surface area contributed by atoms with Crippen molar-refractivity contribution in [2.24, 2.45) is 5.73 Å². The van der Waals surface area contributed by atoms with Crippen molar-refractivity contribution in [3.05, 3.63) is 101 Å². The van der Waals surface area contributed by atoms with Crippen molar-refractivity contribution in [1.29, 1.82) is 5.41 Å². The Hall–Kier alpha value is -3.84. The van der Waals surface area contributed by atoms with Gasteiger partial charge in [-0.2, -0.15) is 0 Å². The van der Waals surface area contributed by atoms with Crippen LogP contribution in [0, 0.1) is 5.41 Å². The Morgan fingerprint density at radius 1 is 1.35 bits per heavy atom. The lowest BCUT2D eigenvalue weighted by Gasteiger charge is -2.28. The minimum atomic E-state index is -0.238. The zero-order chi connectivity index (χ0) is 22.0. The van der Waals surface area contributed by atoms with Crippen LogP contribution in [0.5, 0.6) is 0 Å². The number of aromatic nitrogens is 1. The number of rotatable bonds is 5. The Morgan fingerprint density at radius 3 is 2.87 bits per heavy atom. The lowest BCUT2D eigenvalue weighted by molar-refractivity contribution is 0.0992. The molecule has 0 radical (unpaired) electrons. The van der Waals surface area contributed by atoms with E-state index in [9.17, 15) is 4.79 Å². The van der Waals surface area contributed by atoms with Gasteiger partial charge in [-0.3, -0.25) is 9.69 Å². The zero-order valence-electron chi connectivity index (χ0n) is 16.8. The van der Waals surface area contributed by atoms with Gasteiger partial charge in [0.05, 0.1) is 16.3 Å². The topological polar surface area (TPSA) is 98.3 Å². The number of fused-ring (bicyclic) bond motifs is 1. The molecule has 0 bridgehead atoms. The molecular formula is C23H21ClN6O. The predicted molar refractivity (Wildman–Crippen MR) is 123 cm³/mol. The van der Waals surface area contributed by atoms with Gasteiger partial charge < -0.3 is 21.4 Å². The molecule has 4 N–H and O–H groups in total. The van der Waals surface area contributed by atoms with Gasteiger partial charge in [0.2, 0.25) is 0 Å². The number of amides is 1. The SMILES string of the molecule is CN(C(=O)c1ccc(C2=CNC3C=CC(/C(C=N)=C/N)=CN23)cc1Cl)c1ccccn1. The number of benzene rings is 1. The molecule has 8 heteroatoms. The first-order valence-corrected chi connectivity index (χ1v) is 9.97. The van der Waals surface area contributed by atoms with Crippen LogP contribution in [0.25, 0.3) is 5.70 Å². The monoisotopic (exact) mass is 432 g/mol. The molecule has 31 heavy (non-hydrogen) atoms. The molecule has 4 rings (SSSR count). The molecule has 1 amide bonds. The number of carbonyl (C=O) groups excluding carboxylic acids is 1. The third kappa shape index (κ3) is 3.83. The fraction of sp³-hybridized carbons (Fsp3) is 0.0870. The number of allylic oxidation sites excluding steroid dienone is 3. The highest BCUT2D eigenvalue weighted by atomic mass is 35.5. The van der Waals surface area contributed by atoms with E-state index in [-0.39, 0.29) is 12.1 Å². The molecule has 1 aromatic heterocycles. The van der Waals surface area contributed by atoms with E-state index in [1.165, 1.54) is 17.3 Å². The van der Waals surface area contributed by atoms with Gasteiger partial charge in [0.15, 0.2) is 0 Å². The number of anilines is 1. The molecule has 0 saturated carbocycles. The second-order valence-electron chi connectivity index (χ2n) is 7.00. The number of pyridine rings is 1. The summed E-state index contributed by atoms with van der Waals surface area (Å²) in [4.78, 5) is 20.6. The van der Waals surface area contributed by atoms with Crippen molar-refractivity contribution < 1.29 is 4.79 Å². The lowest BCUT2D eigenvalue weighted by atomic mass is 10.0. The quantitative estimate of drug-likeness (QED) is 0.628. The minimum absolute atomic E-state index is 0.0427. The van der Waals surface area contributed by atoms with E-state index in [2.05, 4.69) is 10.3 Å². The van der Waals surface area contributed by atoms with Gasteiger partial charge in [0.1, 0.15) is 12.0 Å². The molecule has 0 saturated heterocycles. The summed E-state index contributed by atoms with van der Waals surface area (Å²) in [6, 6.07) is 10.8. The van der Waals surface area contributed by atoms with Crippen molar-refractivity contribution in [2.45, 2.75) is 6.17 Å². The number of nitrogens with one attached hydrogen (secondary N) is 2. The van der Waals surface area contributed by atoms with Crippen molar-refractivity contribution in [3.63, 3.8) is 0 Å². The van der Waals surface area contributed by atoms with Crippen LogP contribution < -0.4 is 16.0 Å². The maximum atomic E-state index is 12.9. The summed E-state index contributed by atoms with van der Waals surface area (Å²) in [7, 11) is 1.67. The molecule has 0 aliphatic carbocycles. The van der Waals surface area contributed by atoms with Gasteiger partial charge in [0.25, 0.3) is 5.91 Å². The van der Waals surface area contributed by atoms with Crippen LogP contribution in [0.2, 0.25) is 5.02 Å². The standard InChI is InChI=1S/C23H21ClN6O/c1-29(21-4-2-3-9-27-21)23(31)18-7-5-15(10-19(18)24)20-13-28-22-8-6-16(14-30(20)22)17(11-25)12-26/h2-14,22,25,28H,26H2,1H3/b17-12+,25-11?. The Labute approximate surface area is 185 Å². The van der Waals surface area contributed by atoms with E-state index in [1.54, 1.807) is 37.5 Å². The number of halogens is 1. The number of nitrogens with zero attached hydrogens (tertiary/aromatic N) is 3. The Bertz CT molecular complexity index is 1150. The molecule has 0 spiro atoms. The van der Waals surface area contributed by atoms with Crippen LogP contribution in [-0.4, -0.2) is 35.2 Å². The number of carbonyl (C=O) groups is 1. The largest absolute Gasteiger partial charge is 0.404 e. The molecule has 1 atom stereocenters. The first kappa shape index (κ1) is 20.4. The Kier molecular flexibility index (Phi) is 5.60. The van der Waals surface area contributed by atoms with E-state index in [4.69, 9.17) is 22.7 Å². The van der Waals surface area contributed by atoms with Gasteiger partial charge in [-0.1, -0.05) is 29.8 Å². The molecule has 0 fully saturated rings. The summed E-state index contributed by atoms with van der Waals surface area (Å²) < 4.78 is 0. The van der Waals surface area contributed by atoms with Crippen LogP contribution in [0.3, 0.4) is 0 Å². The summed E-state index contributed by atoms with van der Waals surface area (Å²) >= 11 is 6.51. The molecule has 1 aromatic carbocycles. The average molecular weight is 433 g/mol. The van der Waals surface area contributed by atoms with Gasteiger partial charge in [-0.05, 0) is 30.3 Å². The molecule has 1 unspecified atom stereocenters. The van der Waals surface area contributed by atoms with E-state index in [0.717, 1.165) is 16.8 Å². The fourth-order valence-corrected chi connectivity index (χ4v) is 3.73. The van der Waals surface area contributed by atoms with Gasteiger partial charge >= 0.3 is 0 Å². The number of hydrogen-bond acceptors (Lipinski definition) is 6. The van der Waals surface area contributed by atoms with E-state index < -0.39 is 0 Å². The van der Waals surface area contributed by atoms with Gasteiger partial charge in [-0.25, -0.2) is 4.98 Å². The summed E-state index contributed by atoms with van der Waals surface area (Å²) in [6.45, 7) is 0. The van der Waals surface area contributed by atoms with E-state index >= 15 is 0 Å². The highest BCUT2D eigenvalue weighted by Crippen LogP contribution is 2.33. The highest BCUT2D eigenvalue weighted by Gasteiger charge is 2.27. The van der Waals surface area contributed by atoms with Crippen molar-refractivity contribution >= 4 is 35.2 Å². The Morgan fingerprint density at radius 2 is 2.19 bits per heavy atom. The maximum absolute atomic E-state index is 12.9. The second-order valence-corrected chi connectivity index (χ2v) is 7.41. The summed E-state index contributed by atoms with van der Waals surface area (Å²) in [6.07, 6.45) is 12.0. The van der Waals surface area contributed by atoms with Crippen LogP contribution in [0.15, 0.2) is 84.5 Å². The third-order valence-corrected chi connectivity index (χ3v) is 5.48. The Balaban J connectivity index is 1.60. The number of nitrogens with two attached hydrogens (primary N) is 1. The first-order valence-electron chi connectivity index (χ1n) is 9.60. The van der Waals surface area contributed by atoms with Crippen LogP contribution >= 0.6 is 11.6 Å². The fourth-order valence-electron chi connectivity index (χ4n) is 3.47. The van der Waals surface area contributed by atoms with Gasteiger partial charge in [0, 0.05) is 54.8 Å². The van der Waals surface area contributed by atoms with E-state index in [0.29, 0.717) is 22.0 Å². The number of hydrogen-bond donors (Lipinski definition) is 3. The second kappa shape index (κ2) is 8.49. The van der Waals surface area contributed by atoms with Crippen LogP contribution in [-0.2, 0) is 0 Å². The van der Waals surface area contributed by atoms with Crippen LogP contribution in [0.4, 0.5) is 5.82 Å². The van der Waals surface area contributed by atoms with Crippen molar-refractivity contribution in [1.82, 2.24) is 15.2 Å². The molecule has 2 aliphatic rings. The minimum Gasteiger partial charge on any atom is -0.404 e. The van der Waals surface area contributed by atoms with Gasteiger partial charge in [-0.15, -0.1) is 0 Å². The highest BCUT2D eigenvalue weighted by molar-refractivity contribution is 6.34. The first-order chi connectivity index (χ1) is 15.0. The summed E-state index contributed by atoms with van der Waals surface area (Å²) in [5.41, 5.74) is 9.24. The average Bonchev–Trinajstić information content (AvgIpc) is 3.23. The molecule has 2 aliphatic heterocycles. The normalized spacial score (nSPS) is 17.4. The van der Waals surface area contributed by atoms with Crippen molar-refractivity contribution in [3.8, 4) is 0 Å². The lowest BCUT2D eigenvalue weighted by Crippen LogP contribution is -2.33. The third-order valence-electron chi connectivity index (χ3n) is 5.17. The molecule has 2 aromatic rings. The molecular weight excluding hydrogens is 412 g/mol. The van der Waals surface area contributed by atoms with Crippen molar-refractivity contribution in [2.75, 3.05) is 11.9 Å². The summed E-state index contributed by atoms with van der Waals surface area (Å²) in [5, 5.41) is 11.2. The van der Waals surface area contributed by atoms with Crippen LogP contribution in [0.1, 0.15) is 15.9 Å². The smallest absolute Gasteiger partial charge is 0.260 e. The predicted octanol–water partition coefficient (Wildman–Crippen LogP) is 3.49. The maximum Gasteiger partial charge on any atom is 0.260 e. The molecule has 7 nitrogen and oxygen atoms in total. The zero-order valence-corrected chi connectivity index (χ0v) is 17.5. The molecule has 3 heterocycles. The molecule has 156 valence electrons.